The minimum atomic E-state index is -0.494. The van der Waals surface area contributed by atoms with Gasteiger partial charge >= 0.3 is 0 Å². The van der Waals surface area contributed by atoms with E-state index < -0.39 is 4.92 Å². The molecule has 0 radical (unpaired) electrons. The second-order valence-corrected chi connectivity index (χ2v) is 5.41. The molecular formula is C15H13BrN2O4. The molecule has 0 unspecified atom stereocenters. The van der Waals surface area contributed by atoms with Crippen LogP contribution in [0.3, 0.4) is 0 Å². The number of ether oxygens (including phenoxy) is 1. The summed E-state index contributed by atoms with van der Waals surface area (Å²) in [4.78, 5) is 21.8. The monoisotopic (exact) mass is 364 g/mol. The number of hydrogen-bond acceptors (Lipinski definition) is 4. The van der Waals surface area contributed by atoms with E-state index in [9.17, 15) is 14.9 Å². The van der Waals surface area contributed by atoms with Crippen LogP contribution in [0.1, 0.15) is 5.56 Å². The van der Waals surface area contributed by atoms with E-state index in [0.29, 0.717) is 11.4 Å². The molecule has 22 heavy (non-hydrogen) atoms. The Morgan fingerprint density at radius 1 is 1.27 bits per heavy atom. The molecule has 7 heteroatoms. The zero-order valence-electron chi connectivity index (χ0n) is 11.7. The van der Waals surface area contributed by atoms with Crippen molar-refractivity contribution in [2.24, 2.45) is 0 Å². The Balaban J connectivity index is 1.89. The number of rotatable bonds is 5. The quantitative estimate of drug-likeness (QED) is 0.647. The van der Waals surface area contributed by atoms with Crippen LogP contribution in [0.25, 0.3) is 0 Å². The van der Waals surface area contributed by atoms with Gasteiger partial charge in [0, 0.05) is 22.3 Å². The van der Waals surface area contributed by atoms with Gasteiger partial charge in [-0.25, -0.2) is 0 Å². The number of nitro benzene ring substituents is 1. The molecule has 0 aliphatic carbocycles. The standard InChI is InChI=1S/C15H13BrN2O4/c1-10-2-3-11(8-14(10)16)17-15(19)9-22-13-6-4-12(5-7-13)18(20)21/h2-8H,9H2,1H3,(H,17,19). The molecule has 0 saturated carbocycles. The van der Waals surface area contributed by atoms with Gasteiger partial charge in [0.2, 0.25) is 0 Å². The number of carbonyl (C=O) groups is 1. The summed E-state index contributed by atoms with van der Waals surface area (Å²) < 4.78 is 6.19. The number of aryl methyl sites for hydroxylation is 1. The third-order valence-electron chi connectivity index (χ3n) is 2.87. The van der Waals surface area contributed by atoms with Crippen LogP contribution in [0.4, 0.5) is 11.4 Å². The largest absolute Gasteiger partial charge is 0.484 e. The first-order chi connectivity index (χ1) is 10.5. The molecule has 0 aliphatic rings. The van der Waals surface area contributed by atoms with Gasteiger partial charge in [-0.2, -0.15) is 0 Å². The Labute approximate surface area is 135 Å². The molecular weight excluding hydrogens is 352 g/mol. The lowest BCUT2D eigenvalue weighted by molar-refractivity contribution is -0.384. The molecule has 0 saturated heterocycles. The van der Waals surface area contributed by atoms with Crippen LogP contribution < -0.4 is 10.1 Å². The van der Waals surface area contributed by atoms with Crippen molar-refractivity contribution in [1.82, 2.24) is 0 Å². The van der Waals surface area contributed by atoms with Crippen molar-refractivity contribution >= 4 is 33.2 Å². The van der Waals surface area contributed by atoms with Gasteiger partial charge < -0.3 is 10.1 Å². The zero-order valence-corrected chi connectivity index (χ0v) is 13.3. The van der Waals surface area contributed by atoms with Gasteiger partial charge in [-0.15, -0.1) is 0 Å². The van der Waals surface area contributed by atoms with Crippen molar-refractivity contribution in [2.75, 3.05) is 11.9 Å². The highest BCUT2D eigenvalue weighted by molar-refractivity contribution is 9.10. The van der Waals surface area contributed by atoms with Crippen molar-refractivity contribution in [3.63, 3.8) is 0 Å². The predicted molar refractivity (Wildman–Crippen MR) is 86.1 cm³/mol. The molecule has 2 aromatic rings. The van der Waals surface area contributed by atoms with Gasteiger partial charge in [0.15, 0.2) is 6.61 Å². The lowest BCUT2D eigenvalue weighted by Gasteiger charge is -2.08. The van der Waals surface area contributed by atoms with Crippen molar-refractivity contribution < 1.29 is 14.5 Å². The van der Waals surface area contributed by atoms with Gasteiger partial charge in [0.25, 0.3) is 11.6 Å². The van der Waals surface area contributed by atoms with Crippen LogP contribution >= 0.6 is 15.9 Å². The summed E-state index contributed by atoms with van der Waals surface area (Å²) >= 11 is 3.39. The topological polar surface area (TPSA) is 81.5 Å². The maximum atomic E-state index is 11.8. The van der Waals surface area contributed by atoms with E-state index in [0.717, 1.165) is 10.0 Å². The summed E-state index contributed by atoms with van der Waals surface area (Å²) in [5, 5.41) is 13.2. The molecule has 0 aliphatic heterocycles. The Morgan fingerprint density at radius 2 is 1.95 bits per heavy atom. The molecule has 114 valence electrons. The molecule has 0 aromatic heterocycles. The van der Waals surface area contributed by atoms with E-state index in [1.807, 2.05) is 13.0 Å². The van der Waals surface area contributed by atoms with Crippen LogP contribution in [0.15, 0.2) is 46.9 Å². The third-order valence-corrected chi connectivity index (χ3v) is 3.73. The molecule has 2 rings (SSSR count). The van der Waals surface area contributed by atoms with Crippen molar-refractivity contribution in [3.05, 3.63) is 62.6 Å². The fraction of sp³-hybridized carbons (Fsp3) is 0.133. The zero-order chi connectivity index (χ0) is 16.1. The lowest BCUT2D eigenvalue weighted by atomic mass is 10.2. The van der Waals surface area contributed by atoms with Crippen LogP contribution in [0.5, 0.6) is 5.75 Å². The molecule has 0 spiro atoms. The smallest absolute Gasteiger partial charge is 0.269 e. The fourth-order valence-electron chi connectivity index (χ4n) is 1.68. The lowest BCUT2D eigenvalue weighted by Crippen LogP contribution is -2.20. The summed E-state index contributed by atoms with van der Waals surface area (Å²) in [6.07, 6.45) is 0. The fourth-order valence-corrected chi connectivity index (χ4v) is 2.06. The van der Waals surface area contributed by atoms with E-state index in [4.69, 9.17) is 4.74 Å². The van der Waals surface area contributed by atoms with Gasteiger partial charge in [-0.3, -0.25) is 14.9 Å². The second kappa shape index (κ2) is 7.04. The van der Waals surface area contributed by atoms with Crippen molar-refractivity contribution in [3.8, 4) is 5.75 Å². The summed E-state index contributed by atoms with van der Waals surface area (Å²) in [7, 11) is 0. The van der Waals surface area contributed by atoms with Crippen LogP contribution in [0, 0.1) is 17.0 Å². The number of carbonyl (C=O) groups excluding carboxylic acids is 1. The average Bonchev–Trinajstić information content (AvgIpc) is 2.49. The Kier molecular flexibility index (Phi) is 5.11. The number of nitrogens with one attached hydrogen (secondary N) is 1. The molecule has 0 atom stereocenters. The number of amides is 1. The molecule has 0 bridgehead atoms. The Bertz CT molecular complexity index is 701. The molecule has 1 N–H and O–H groups in total. The number of hydrogen-bond donors (Lipinski definition) is 1. The van der Waals surface area contributed by atoms with Crippen LogP contribution in [0.2, 0.25) is 0 Å². The van der Waals surface area contributed by atoms with Crippen LogP contribution in [-0.2, 0) is 4.79 Å². The average molecular weight is 365 g/mol. The van der Waals surface area contributed by atoms with E-state index in [2.05, 4.69) is 21.2 Å². The van der Waals surface area contributed by atoms with E-state index in [1.165, 1.54) is 24.3 Å². The van der Waals surface area contributed by atoms with Gasteiger partial charge in [0.05, 0.1) is 4.92 Å². The Morgan fingerprint density at radius 3 is 2.55 bits per heavy atom. The number of halogens is 1. The molecule has 0 heterocycles. The minimum absolute atomic E-state index is 0.0266. The summed E-state index contributed by atoms with van der Waals surface area (Å²) in [6, 6.07) is 11.0. The van der Waals surface area contributed by atoms with E-state index in [-0.39, 0.29) is 18.2 Å². The molecule has 1 amide bonds. The van der Waals surface area contributed by atoms with Crippen LogP contribution in [-0.4, -0.2) is 17.4 Å². The number of benzene rings is 2. The normalized spacial score (nSPS) is 10.1. The number of nitro groups is 1. The predicted octanol–water partition coefficient (Wildman–Crippen LogP) is 3.68. The van der Waals surface area contributed by atoms with E-state index >= 15 is 0 Å². The SMILES string of the molecule is Cc1ccc(NC(=O)COc2ccc([N+](=O)[O-])cc2)cc1Br. The first-order valence-corrected chi connectivity index (χ1v) is 7.18. The molecule has 6 nitrogen and oxygen atoms in total. The molecule has 0 fully saturated rings. The maximum absolute atomic E-state index is 11.8. The number of non-ortho nitro benzene ring substituents is 1. The highest BCUT2D eigenvalue weighted by Crippen LogP contribution is 2.21. The first-order valence-electron chi connectivity index (χ1n) is 6.39. The number of nitrogens with zero attached hydrogens (tertiary/aromatic N) is 1. The summed E-state index contributed by atoms with van der Waals surface area (Å²) in [5.74, 6) is 0.0833. The molecule has 2 aromatic carbocycles. The summed E-state index contributed by atoms with van der Waals surface area (Å²) in [5.41, 5.74) is 1.70. The van der Waals surface area contributed by atoms with Gasteiger partial charge in [-0.05, 0) is 36.8 Å². The van der Waals surface area contributed by atoms with E-state index in [1.54, 1.807) is 12.1 Å². The summed E-state index contributed by atoms with van der Waals surface area (Å²) in [6.45, 7) is 1.77. The minimum Gasteiger partial charge on any atom is -0.484 e. The highest BCUT2D eigenvalue weighted by atomic mass is 79.9. The van der Waals surface area contributed by atoms with Crippen molar-refractivity contribution in [2.45, 2.75) is 6.92 Å². The third kappa shape index (κ3) is 4.29. The second-order valence-electron chi connectivity index (χ2n) is 4.55. The Hall–Kier alpha value is -2.41. The van der Waals surface area contributed by atoms with Gasteiger partial charge in [0.1, 0.15) is 5.75 Å². The maximum Gasteiger partial charge on any atom is 0.269 e. The van der Waals surface area contributed by atoms with Gasteiger partial charge in [-0.1, -0.05) is 22.0 Å². The number of anilines is 1. The first kappa shape index (κ1) is 16.0. The highest BCUT2D eigenvalue weighted by Gasteiger charge is 2.07. The van der Waals surface area contributed by atoms with Crippen molar-refractivity contribution in [1.29, 1.82) is 0 Å².